The van der Waals surface area contributed by atoms with E-state index in [0.717, 1.165) is 25.1 Å². The smallest absolute Gasteiger partial charge is 0.166 e. The predicted octanol–water partition coefficient (Wildman–Crippen LogP) is 2.39. The lowest BCUT2D eigenvalue weighted by molar-refractivity contribution is 0.571. The average molecular weight is 306 g/mol. The van der Waals surface area contributed by atoms with Crippen LogP contribution in [0.5, 0.6) is 0 Å². The Bertz CT molecular complexity index is 580. The van der Waals surface area contributed by atoms with Gasteiger partial charge in [0, 0.05) is 25.8 Å². The molecule has 1 aromatic heterocycles. The SMILES string of the molecule is Cc1cnn(CCCNC(=S)NCc2ccc(F)cc2)c1. The van der Waals surface area contributed by atoms with Gasteiger partial charge in [0.05, 0.1) is 6.20 Å². The Labute approximate surface area is 129 Å². The molecule has 1 aromatic carbocycles. The maximum absolute atomic E-state index is 12.8. The monoisotopic (exact) mass is 306 g/mol. The van der Waals surface area contributed by atoms with E-state index in [9.17, 15) is 4.39 Å². The summed E-state index contributed by atoms with van der Waals surface area (Å²) in [5, 5.41) is 11.1. The summed E-state index contributed by atoms with van der Waals surface area (Å²) in [7, 11) is 0. The number of nitrogens with zero attached hydrogens (tertiary/aromatic N) is 2. The van der Waals surface area contributed by atoms with E-state index in [1.165, 1.54) is 17.7 Å². The molecule has 2 rings (SSSR count). The topological polar surface area (TPSA) is 41.9 Å². The van der Waals surface area contributed by atoms with Gasteiger partial charge in [-0.2, -0.15) is 5.10 Å². The molecule has 0 amide bonds. The molecule has 0 aliphatic carbocycles. The first-order valence-electron chi connectivity index (χ1n) is 6.89. The molecule has 0 bridgehead atoms. The van der Waals surface area contributed by atoms with Crippen LogP contribution in [0.1, 0.15) is 17.5 Å². The molecular weight excluding hydrogens is 287 g/mol. The first-order chi connectivity index (χ1) is 10.1. The van der Waals surface area contributed by atoms with Crippen LogP contribution in [0.15, 0.2) is 36.7 Å². The Morgan fingerprint density at radius 3 is 2.71 bits per heavy atom. The van der Waals surface area contributed by atoms with E-state index in [1.54, 1.807) is 12.1 Å². The van der Waals surface area contributed by atoms with Crippen molar-refractivity contribution >= 4 is 17.3 Å². The summed E-state index contributed by atoms with van der Waals surface area (Å²) < 4.78 is 14.7. The van der Waals surface area contributed by atoms with Gasteiger partial charge in [-0.3, -0.25) is 4.68 Å². The van der Waals surface area contributed by atoms with Crippen LogP contribution in [-0.4, -0.2) is 21.4 Å². The van der Waals surface area contributed by atoms with Gasteiger partial charge in [-0.15, -0.1) is 0 Å². The first kappa shape index (κ1) is 15.4. The molecule has 0 spiro atoms. The van der Waals surface area contributed by atoms with Crippen LogP contribution < -0.4 is 10.6 Å². The molecular formula is C15H19FN4S. The summed E-state index contributed by atoms with van der Waals surface area (Å²) in [6.07, 6.45) is 4.81. The molecule has 21 heavy (non-hydrogen) atoms. The fourth-order valence-corrected chi connectivity index (χ4v) is 2.05. The number of hydrogen-bond donors (Lipinski definition) is 2. The van der Waals surface area contributed by atoms with Gasteiger partial charge < -0.3 is 10.6 Å². The van der Waals surface area contributed by atoms with Crippen molar-refractivity contribution in [3.63, 3.8) is 0 Å². The molecule has 0 aliphatic rings. The number of halogens is 1. The molecule has 0 atom stereocenters. The predicted molar refractivity (Wildman–Crippen MR) is 85.4 cm³/mol. The maximum Gasteiger partial charge on any atom is 0.166 e. The Balaban J connectivity index is 1.60. The second-order valence-corrected chi connectivity index (χ2v) is 5.28. The van der Waals surface area contributed by atoms with Crippen molar-refractivity contribution in [2.45, 2.75) is 26.4 Å². The first-order valence-corrected chi connectivity index (χ1v) is 7.29. The number of nitrogens with one attached hydrogen (secondary N) is 2. The summed E-state index contributed by atoms with van der Waals surface area (Å²) in [6, 6.07) is 6.37. The number of aromatic nitrogens is 2. The number of aryl methyl sites for hydroxylation is 2. The van der Waals surface area contributed by atoms with Crippen LogP contribution in [-0.2, 0) is 13.1 Å². The Morgan fingerprint density at radius 2 is 2.05 bits per heavy atom. The van der Waals surface area contributed by atoms with Crippen molar-refractivity contribution in [1.82, 2.24) is 20.4 Å². The largest absolute Gasteiger partial charge is 0.363 e. The molecule has 0 fully saturated rings. The van der Waals surface area contributed by atoms with E-state index in [1.807, 2.05) is 24.0 Å². The van der Waals surface area contributed by atoms with E-state index in [4.69, 9.17) is 12.2 Å². The van der Waals surface area contributed by atoms with Crippen molar-refractivity contribution in [2.24, 2.45) is 0 Å². The second kappa shape index (κ2) is 7.73. The molecule has 2 aromatic rings. The number of thiocarbonyl (C=S) groups is 1. The highest BCUT2D eigenvalue weighted by Crippen LogP contribution is 2.01. The van der Waals surface area contributed by atoms with Crippen LogP contribution >= 0.6 is 12.2 Å². The van der Waals surface area contributed by atoms with Crippen molar-refractivity contribution in [3.8, 4) is 0 Å². The molecule has 0 saturated carbocycles. The zero-order chi connectivity index (χ0) is 15.1. The van der Waals surface area contributed by atoms with Gasteiger partial charge in [0.1, 0.15) is 5.82 Å². The highest BCUT2D eigenvalue weighted by Gasteiger charge is 1.98. The minimum atomic E-state index is -0.228. The lowest BCUT2D eigenvalue weighted by Crippen LogP contribution is -2.35. The van der Waals surface area contributed by atoms with Gasteiger partial charge >= 0.3 is 0 Å². The molecule has 112 valence electrons. The van der Waals surface area contributed by atoms with Crippen LogP contribution in [0.25, 0.3) is 0 Å². The molecule has 2 N–H and O–H groups in total. The van der Waals surface area contributed by atoms with Gasteiger partial charge in [-0.05, 0) is 48.8 Å². The second-order valence-electron chi connectivity index (χ2n) is 4.87. The van der Waals surface area contributed by atoms with Crippen LogP contribution in [0.2, 0.25) is 0 Å². The highest BCUT2D eigenvalue weighted by atomic mass is 32.1. The zero-order valence-electron chi connectivity index (χ0n) is 12.0. The third kappa shape index (κ3) is 5.51. The zero-order valence-corrected chi connectivity index (χ0v) is 12.8. The molecule has 0 unspecified atom stereocenters. The van der Waals surface area contributed by atoms with Crippen molar-refractivity contribution < 1.29 is 4.39 Å². The minimum absolute atomic E-state index is 0.228. The fourth-order valence-electron chi connectivity index (χ4n) is 1.88. The third-order valence-corrected chi connectivity index (χ3v) is 3.27. The molecule has 0 aliphatic heterocycles. The summed E-state index contributed by atoms with van der Waals surface area (Å²) in [4.78, 5) is 0. The average Bonchev–Trinajstić information content (AvgIpc) is 2.89. The van der Waals surface area contributed by atoms with E-state index >= 15 is 0 Å². The fraction of sp³-hybridized carbons (Fsp3) is 0.333. The molecule has 6 heteroatoms. The third-order valence-electron chi connectivity index (χ3n) is 2.98. The summed E-state index contributed by atoms with van der Waals surface area (Å²) in [5.74, 6) is -0.228. The number of rotatable bonds is 6. The number of benzene rings is 1. The van der Waals surface area contributed by atoms with Crippen LogP contribution in [0, 0.1) is 12.7 Å². The normalized spacial score (nSPS) is 10.4. The van der Waals surface area contributed by atoms with Gasteiger partial charge in [0.2, 0.25) is 0 Å². The van der Waals surface area contributed by atoms with Crippen LogP contribution in [0.3, 0.4) is 0 Å². The summed E-state index contributed by atoms with van der Waals surface area (Å²) in [6.45, 7) is 4.26. The standard InChI is InChI=1S/C15H19FN4S/c1-12-9-19-20(11-12)8-2-7-17-15(21)18-10-13-3-5-14(16)6-4-13/h3-6,9,11H,2,7-8,10H2,1H3,(H2,17,18,21). The highest BCUT2D eigenvalue weighted by molar-refractivity contribution is 7.80. The van der Waals surface area contributed by atoms with E-state index in [-0.39, 0.29) is 5.82 Å². The van der Waals surface area contributed by atoms with Crippen molar-refractivity contribution in [1.29, 1.82) is 0 Å². The quantitative estimate of drug-likeness (QED) is 0.635. The summed E-state index contributed by atoms with van der Waals surface area (Å²) >= 11 is 5.19. The van der Waals surface area contributed by atoms with Gasteiger partial charge in [-0.1, -0.05) is 12.1 Å². The number of hydrogen-bond acceptors (Lipinski definition) is 2. The van der Waals surface area contributed by atoms with Crippen LogP contribution in [0.4, 0.5) is 4.39 Å². The molecule has 1 heterocycles. The van der Waals surface area contributed by atoms with Gasteiger partial charge in [0.15, 0.2) is 5.11 Å². The lowest BCUT2D eigenvalue weighted by atomic mass is 10.2. The minimum Gasteiger partial charge on any atom is -0.363 e. The Kier molecular flexibility index (Phi) is 5.68. The Morgan fingerprint density at radius 1 is 1.29 bits per heavy atom. The van der Waals surface area contributed by atoms with Gasteiger partial charge in [-0.25, -0.2) is 4.39 Å². The van der Waals surface area contributed by atoms with Crippen molar-refractivity contribution in [3.05, 3.63) is 53.6 Å². The Hall–Kier alpha value is -1.95. The molecule has 0 radical (unpaired) electrons. The van der Waals surface area contributed by atoms with E-state index in [0.29, 0.717) is 11.7 Å². The van der Waals surface area contributed by atoms with E-state index < -0.39 is 0 Å². The van der Waals surface area contributed by atoms with Crippen molar-refractivity contribution in [2.75, 3.05) is 6.54 Å². The maximum atomic E-state index is 12.8. The van der Waals surface area contributed by atoms with E-state index in [2.05, 4.69) is 15.7 Å². The molecule has 4 nitrogen and oxygen atoms in total. The summed E-state index contributed by atoms with van der Waals surface area (Å²) in [5.41, 5.74) is 2.16. The lowest BCUT2D eigenvalue weighted by Gasteiger charge is -2.10. The molecule has 0 saturated heterocycles. The van der Waals surface area contributed by atoms with Gasteiger partial charge in [0.25, 0.3) is 0 Å².